The quantitative estimate of drug-likeness (QED) is 0.663. The molecular weight excluding hydrogens is 256 g/mol. The van der Waals surface area contributed by atoms with E-state index in [0.717, 1.165) is 23.9 Å². The third-order valence-electron chi connectivity index (χ3n) is 3.46. The second kappa shape index (κ2) is 6.15. The first kappa shape index (κ1) is 14.0. The van der Waals surface area contributed by atoms with E-state index in [-0.39, 0.29) is 5.78 Å². The number of hydrogen-bond acceptors (Lipinski definition) is 2. The summed E-state index contributed by atoms with van der Waals surface area (Å²) in [5.74, 6) is 0.762. The molecule has 1 fully saturated rings. The predicted molar refractivity (Wildman–Crippen MR) is 82.6 cm³/mol. The van der Waals surface area contributed by atoms with Crippen molar-refractivity contribution in [3.8, 4) is 0 Å². The lowest BCUT2D eigenvalue weighted by Crippen LogP contribution is -2.41. The van der Waals surface area contributed by atoms with Gasteiger partial charge in [0, 0.05) is 24.3 Å². The monoisotopic (exact) mass is 276 g/mol. The highest BCUT2D eigenvalue weighted by molar-refractivity contribution is 7.80. The third-order valence-corrected chi connectivity index (χ3v) is 3.82. The molecular formula is C15H20N2OS. The predicted octanol–water partition coefficient (Wildman–Crippen LogP) is 3.32. The number of rotatable bonds is 2. The second-order valence-electron chi connectivity index (χ2n) is 5.26. The van der Waals surface area contributed by atoms with Gasteiger partial charge in [0.05, 0.1) is 0 Å². The Morgan fingerprint density at radius 2 is 2.26 bits per heavy atom. The largest absolute Gasteiger partial charge is 0.349 e. The summed E-state index contributed by atoms with van der Waals surface area (Å²) < 4.78 is 0. The van der Waals surface area contributed by atoms with E-state index in [1.807, 2.05) is 24.3 Å². The molecule has 0 aliphatic carbocycles. The number of ketones is 1. The zero-order chi connectivity index (χ0) is 13.8. The molecule has 2 rings (SSSR count). The number of anilines is 1. The highest BCUT2D eigenvalue weighted by atomic mass is 32.1. The molecule has 1 aliphatic heterocycles. The van der Waals surface area contributed by atoms with E-state index in [0.29, 0.717) is 11.5 Å². The lowest BCUT2D eigenvalue weighted by atomic mass is 10.0. The number of hydrogen-bond donors (Lipinski definition) is 1. The zero-order valence-corrected chi connectivity index (χ0v) is 12.3. The molecule has 102 valence electrons. The fraction of sp³-hybridized carbons (Fsp3) is 0.467. The molecule has 1 N–H and O–H groups in total. The fourth-order valence-corrected chi connectivity index (χ4v) is 2.68. The van der Waals surface area contributed by atoms with Gasteiger partial charge in [0.2, 0.25) is 0 Å². The van der Waals surface area contributed by atoms with Crippen molar-refractivity contribution in [1.29, 1.82) is 0 Å². The van der Waals surface area contributed by atoms with Crippen LogP contribution in [0.1, 0.15) is 37.0 Å². The Balaban J connectivity index is 2.02. The van der Waals surface area contributed by atoms with Gasteiger partial charge in [-0.2, -0.15) is 0 Å². The standard InChI is InChI=1S/C15H20N2OS/c1-11-5-4-8-17(10-11)15(19)16-14-7-3-6-13(9-14)12(2)18/h3,6-7,9,11H,4-5,8,10H2,1-2H3,(H,16,19). The lowest BCUT2D eigenvalue weighted by molar-refractivity contribution is 0.101. The summed E-state index contributed by atoms with van der Waals surface area (Å²) in [6.45, 7) is 5.86. The van der Waals surface area contributed by atoms with E-state index in [2.05, 4.69) is 17.1 Å². The Labute approximate surface area is 120 Å². The van der Waals surface area contributed by atoms with Crippen LogP contribution in [0.3, 0.4) is 0 Å². The number of piperidine rings is 1. The Hall–Kier alpha value is -1.42. The van der Waals surface area contributed by atoms with Crippen molar-refractivity contribution in [2.75, 3.05) is 18.4 Å². The molecule has 1 atom stereocenters. The van der Waals surface area contributed by atoms with Crippen molar-refractivity contribution in [1.82, 2.24) is 4.90 Å². The van der Waals surface area contributed by atoms with Crippen LogP contribution in [-0.4, -0.2) is 28.9 Å². The first-order valence-corrected chi connectivity index (χ1v) is 7.14. The molecule has 1 heterocycles. The number of thiocarbonyl (C=S) groups is 1. The molecule has 4 heteroatoms. The smallest absolute Gasteiger partial charge is 0.173 e. The van der Waals surface area contributed by atoms with Crippen LogP contribution in [0.15, 0.2) is 24.3 Å². The molecule has 0 aromatic heterocycles. The van der Waals surface area contributed by atoms with Crippen LogP contribution in [-0.2, 0) is 0 Å². The zero-order valence-electron chi connectivity index (χ0n) is 11.5. The van der Waals surface area contributed by atoms with Gasteiger partial charge in [-0.3, -0.25) is 4.79 Å². The molecule has 0 radical (unpaired) electrons. The maximum Gasteiger partial charge on any atom is 0.173 e. The van der Waals surface area contributed by atoms with Gasteiger partial charge in [-0.25, -0.2) is 0 Å². The Morgan fingerprint density at radius 1 is 1.47 bits per heavy atom. The molecule has 0 amide bonds. The molecule has 1 aromatic rings. The van der Waals surface area contributed by atoms with Crippen molar-refractivity contribution in [2.45, 2.75) is 26.7 Å². The molecule has 1 aromatic carbocycles. The van der Waals surface area contributed by atoms with E-state index in [4.69, 9.17) is 12.2 Å². The minimum atomic E-state index is 0.0705. The molecule has 3 nitrogen and oxygen atoms in total. The first-order valence-electron chi connectivity index (χ1n) is 6.73. The normalized spacial score (nSPS) is 19.1. The van der Waals surface area contributed by atoms with Gasteiger partial charge in [-0.15, -0.1) is 0 Å². The van der Waals surface area contributed by atoms with E-state index in [9.17, 15) is 4.79 Å². The maximum absolute atomic E-state index is 11.4. The van der Waals surface area contributed by atoms with Crippen LogP contribution in [0.5, 0.6) is 0 Å². The SMILES string of the molecule is CC(=O)c1cccc(NC(=S)N2CCCC(C)C2)c1. The van der Waals surface area contributed by atoms with Gasteiger partial charge in [0.15, 0.2) is 10.9 Å². The highest BCUT2D eigenvalue weighted by Gasteiger charge is 2.18. The van der Waals surface area contributed by atoms with Crippen molar-refractivity contribution < 1.29 is 4.79 Å². The lowest BCUT2D eigenvalue weighted by Gasteiger charge is -2.33. The summed E-state index contributed by atoms with van der Waals surface area (Å²) in [5.41, 5.74) is 1.59. The number of nitrogens with zero attached hydrogens (tertiary/aromatic N) is 1. The van der Waals surface area contributed by atoms with Crippen LogP contribution >= 0.6 is 12.2 Å². The molecule has 0 saturated carbocycles. The molecule has 1 saturated heterocycles. The maximum atomic E-state index is 11.4. The average Bonchev–Trinajstić information content (AvgIpc) is 2.39. The van der Waals surface area contributed by atoms with Crippen LogP contribution in [0, 0.1) is 5.92 Å². The number of likely N-dealkylation sites (tertiary alicyclic amines) is 1. The molecule has 1 aliphatic rings. The van der Waals surface area contributed by atoms with Gasteiger partial charge in [0.25, 0.3) is 0 Å². The number of carbonyl (C=O) groups excluding carboxylic acids is 1. The number of benzene rings is 1. The third kappa shape index (κ3) is 3.77. The average molecular weight is 276 g/mol. The van der Waals surface area contributed by atoms with Crippen molar-refractivity contribution in [2.24, 2.45) is 5.92 Å². The van der Waals surface area contributed by atoms with Crippen molar-refractivity contribution in [3.63, 3.8) is 0 Å². The van der Waals surface area contributed by atoms with Crippen LogP contribution in [0.2, 0.25) is 0 Å². The van der Waals surface area contributed by atoms with Gasteiger partial charge in [-0.05, 0) is 50.0 Å². The first-order chi connectivity index (χ1) is 9.06. The fourth-order valence-electron chi connectivity index (χ4n) is 2.39. The highest BCUT2D eigenvalue weighted by Crippen LogP contribution is 2.17. The number of nitrogens with one attached hydrogen (secondary N) is 1. The minimum Gasteiger partial charge on any atom is -0.349 e. The van der Waals surface area contributed by atoms with Gasteiger partial charge in [0.1, 0.15) is 0 Å². The van der Waals surface area contributed by atoms with Crippen molar-refractivity contribution in [3.05, 3.63) is 29.8 Å². The summed E-state index contributed by atoms with van der Waals surface area (Å²) in [5, 5.41) is 3.99. The second-order valence-corrected chi connectivity index (χ2v) is 5.65. The summed E-state index contributed by atoms with van der Waals surface area (Å²) in [6.07, 6.45) is 2.47. The summed E-state index contributed by atoms with van der Waals surface area (Å²) >= 11 is 5.45. The van der Waals surface area contributed by atoms with Crippen LogP contribution in [0.4, 0.5) is 5.69 Å². The van der Waals surface area contributed by atoms with Crippen LogP contribution < -0.4 is 5.32 Å². The van der Waals surface area contributed by atoms with Crippen molar-refractivity contribution >= 4 is 28.8 Å². The minimum absolute atomic E-state index is 0.0705. The van der Waals surface area contributed by atoms with Gasteiger partial charge >= 0.3 is 0 Å². The summed E-state index contributed by atoms with van der Waals surface area (Å²) in [7, 11) is 0. The molecule has 1 unspecified atom stereocenters. The van der Waals surface area contributed by atoms with E-state index in [1.165, 1.54) is 12.8 Å². The van der Waals surface area contributed by atoms with E-state index < -0.39 is 0 Å². The van der Waals surface area contributed by atoms with E-state index in [1.54, 1.807) is 6.92 Å². The number of carbonyl (C=O) groups is 1. The molecule has 0 spiro atoms. The van der Waals surface area contributed by atoms with Gasteiger partial charge < -0.3 is 10.2 Å². The Morgan fingerprint density at radius 3 is 2.95 bits per heavy atom. The topological polar surface area (TPSA) is 32.3 Å². The Bertz CT molecular complexity index is 487. The molecule has 0 bridgehead atoms. The molecule has 19 heavy (non-hydrogen) atoms. The van der Waals surface area contributed by atoms with Crippen LogP contribution in [0.25, 0.3) is 0 Å². The summed E-state index contributed by atoms with van der Waals surface area (Å²) in [6, 6.07) is 7.48. The summed E-state index contributed by atoms with van der Waals surface area (Å²) in [4.78, 5) is 13.6. The Kier molecular flexibility index (Phi) is 4.53. The van der Waals surface area contributed by atoms with E-state index >= 15 is 0 Å². The van der Waals surface area contributed by atoms with Gasteiger partial charge in [-0.1, -0.05) is 19.1 Å². The number of Topliss-reactive ketones (excluding diaryl/α,β-unsaturated/α-hetero) is 1.